The Kier molecular flexibility index (Phi) is 3.40. The van der Waals surface area contributed by atoms with Crippen molar-refractivity contribution in [2.45, 2.75) is 18.9 Å². The molecule has 0 amide bonds. The zero-order valence-electron chi connectivity index (χ0n) is 10.2. The quantitative estimate of drug-likeness (QED) is 0.889. The average Bonchev–Trinajstić information content (AvgIpc) is 2.80. The average molecular weight is 254 g/mol. The molecule has 2 rings (SSSR count). The van der Waals surface area contributed by atoms with Gasteiger partial charge in [-0.25, -0.2) is 8.42 Å². The Morgan fingerprint density at radius 1 is 1.41 bits per heavy atom. The first-order valence-corrected chi connectivity index (χ1v) is 7.60. The molecule has 0 aromatic heterocycles. The van der Waals surface area contributed by atoms with Crippen LogP contribution >= 0.6 is 0 Å². The number of hydrogen-bond donors (Lipinski definition) is 1. The third kappa shape index (κ3) is 2.79. The van der Waals surface area contributed by atoms with Crippen LogP contribution in [0.25, 0.3) is 0 Å². The second-order valence-electron chi connectivity index (χ2n) is 4.47. The maximum atomic E-state index is 11.5. The van der Waals surface area contributed by atoms with Crippen molar-refractivity contribution < 1.29 is 8.42 Å². The highest BCUT2D eigenvalue weighted by atomic mass is 32.2. The minimum atomic E-state index is -3.18. The molecular formula is C12H18N2O2S. The summed E-state index contributed by atoms with van der Waals surface area (Å²) in [5, 5.41) is 3.41. The lowest BCUT2D eigenvalue weighted by Gasteiger charge is -2.19. The molecule has 94 valence electrons. The fourth-order valence-corrected chi connectivity index (χ4v) is 2.59. The summed E-state index contributed by atoms with van der Waals surface area (Å²) in [5.74, 6) is 0. The number of benzene rings is 1. The number of sulfonamides is 1. The Hall–Kier alpha value is -1.07. The third-order valence-electron chi connectivity index (χ3n) is 3.19. The summed E-state index contributed by atoms with van der Waals surface area (Å²) in [5.41, 5.74) is 1.88. The first-order valence-electron chi connectivity index (χ1n) is 5.76. The van der Waals surface area contributed by atoms with E-state index >= 15 is 0 Å². The van der Waals surface area contributed by atoms with Gasteiger partial charge < -0.3 is 5.32 Å². The summed E-state index contributed by atoms with van der Waals surface area (Å²) in [6.45, 7) is 1.04. The fourth-order valence-electron chi connectivity index (χ4n) is 2.10. The van der Waals surface area contributed by atoms with Gasteiger partial charge in [0.15, 0.2) is 0 Å². The van der Waals surface area contributed by atoms with Gasteiger partial charge in [-0.3, -0.25) is 4.31 Å². The number of hydrogen-bond acceptors (Lipinski definition) is 3. The highest BCUT2D eigenvalue weighted by Gasteiger charge is 2.18. The van der Waals surface area contributed by atoms with E-state index in [4.69, 9.17) is 0 Å². The van der Waals surface area contributed by atoms with Crippen LogP contribution in [0.15, 0.2) is 24.3 Å². The van der Waals surface area contributed by atoms with Crippen LogP contribution in [0.2, 0.25) is 0 Å². The molecular weight excluding hydrogens is 236 g/mol. The van der Waals surface area contributed by atoms with Crippen LogP contribution < -0.4 is 9.62 Å². The monoisotopic (exact) mass is 254 g/mol. The standard InChI is InChI=1S/C12H18N2O2S/c1-14(17(2,15)16)11-6-3-5-10(9-11)12-7-4-8-13-12/h3,5-6,9,12-13H,4,7-8H2,1-2H3. The molecule has 1 aromatic carbocycles. The van der Waals surface area contributed by atoms with Crippen LogP contribution in [0.1, 0.15) is 24.4 Å². The number of anilines is 1. The van der Waals surface area contributed by atoms with Crippen molar-refractivity contribution in [3.8, 4) is 0 Å². The smallest absolute Gasteiger partial charge is 0.231 e. The van der Waals surface area contributed by atoms with Gasteiger partial charge in [-0.2, -0.15) is 0 Å². The van der Waals surface area contributed by atoms with Gasteiger partial charge in [0.05, 0.1) is 11.9 Å². The van der Waals surface area contributed by atoms with E-state index in [-0.39, 0.29) is 0 Å². The Morgan fingerprint density at radius 2 is 2.18 bits per heavy atom. The summed E-state index contributed by atoms with van der Waals surface area (Å²) in [6.07, 6.45) is 3.51. The second kappa shape index (κ2) is 4.66. The lowest BCUT2D eigenvalue weighted by Crippen LogP contribution is -2.25. The molecule has 1 aliphatic heterocycles. The molecule has 1 atom stereocenters. The Labute approximate surface area is 103 Å². The number of rotatable bonds is 3. The van der Waals surface area contributed by atoms with Crippen molar-refractivity contribution in [2.75, 3.05) is 24.2 Å². The molecule has 4 nitrogen and oxygen atoms in total. The van der Waals surface area contributed by atoms with Gasteiger partial charge in [-0.05, 0) is 37.1 Å². The minimum Gasteiger partial charge on any atom is -0.310 e. The second-order valence-corrected chi connectivity index (χ2v) is 6.49. The van der Waals surface area contributed by atoms with E-state index in [1.54, 1.807) is 7.05 Å². The Balaban J connectivity index is 2.28. The normalized spacial score (nSPS) is 20.5. The van der Waals surface area contributed by atoms with Gasteiger partial charge in [0.1, 0.15) is 0 Å². The van der Waals surface area contributed by atoms with E-state index in [0.717, 1.165) is 24.2 Å². The van der Waals surface area contributed by atoms with E-state index < -0.39 is 10.0 Å². The zero-order valence-corrected chi connectivity index (χ0v) is 11.0. The molecule has 1 fully saturated rings. The van der Waals surface area contributed by atoms with Gasteiger partial charge in [0.2, 0.25) is 10.0 Å². The zero-order chi connectivity index (χ0) is 12.5. The van der Waals surface area contributed by atoms with Crippen LogP contribution in [-0.4, -0.2) is 28.3 Å². The van der Waals surface area contributed by atoms with Crippen LogP contribution in [0.4, 0.5) is 5.69 Å². The number of nitrogens with zero attached hydrogens (tertiary/aromatic N) is 1. The van der Waals surface area contributed by atoms with Gasteiger partial charge in [0.25, 0.3) is 0 Å². The summed E-state index contributed by atoms with van der Waals surface area (Å²) in [4.78, 5) is 0. The fraction of sp³-hybridized carbons (Fsp3) is 0.500. The molecule has 0 bridgehead atoms. The molecule has 0 radical (unpaired) electrons. The molecule has 0 aliphatic carbocycles. The van der Waals surface area contributed by atoms with Crippen molar-refractivity contribution in [2.24, 2.45) is 0 Å². The lowest BCUT2D eigenvalue weighted by molar-refractivity contribution is 0.600. The molecule has 1 unspecified atom stereocenters. The molecule has 1 saturated heterocycles. The van der Waals surface area contributed by atoms with E-state index in [1.807, 2.05) is 24.3 Å². The van der Waals surface area contributed by atoms with Gasteiger partial charge >= 0.3 is 0 Å². The van der Waals surface area contributed by atoms with Crippen LogP contribution in [0.5, 0.6) is 0 Å². The summed E-state index contributed by atoms with van der Waals surface area (Å²) >= 11 is 0. The van der Waals surface area contributed by atoms with Crippen molar-refractivity contribution in [3.05, 3.63) is 29.8 Å². The van der Waals surface area contributed by atoms with Crippen LogP contribution in [0, 0.1) is 0 Å². The minimum absolute atomic E-state index is 0.364. The maximum absolute atomic E-state index is 11.5. The first kappa shape index (κ1) is 12.4. The molecule has 0 saturated carbocycles. The molecule has 0 spiro atoms. The van der Waals surface area contributed by atoms with E-state index in [9.17, 15) is 8.42 Å². The maximum Gasteiger partial charge on any atom is 0.231 e. The Bertz CT molecular complexity index is 493. The van der Waals surface area contributed by atoms with Crippen molar-refractivity contribution >= 4 is 15.7 Å². The molecule has 1 N–H and O–H groups in total. The number of nitrogens with one attached hydrogen (secondary N) is 1. The van der Waals surface area contributed by atoms with Crippen LogP contribution in [-0.2, 0) is 10.0 Å². The molecule has 1 heterocycles. The predicted octanol–water partition coefficient (Wildman–Crippen LogP) is 1.51. The molecule has 5 heteroatoms. The van der Waals surface area contributed by atoms with Crippen LogP contribution in [0.3, 0.4) is 0 Å². The third-order valence-corrected chi connectivity index (χ3v) is 4.40. The van der Waals surface area contributed by atoms with E-state index in [1.165, 1.54) is 17.0 Å². The predicted molar refractivity (Wildman–Crippen MR) is 69.7 cm³/mol. The molecule has 17 heavy (non-hydrogen) atoms. The summed E-state index contributed by atoms with van der Waals surface area (Å²) in [6, 6.07) is 8.08. The summed E-state index contributed by atoms with van der Waals surface area (Å²) in [7, 11) is -1.60. The Morgan fingerprint density at radius 3 is 2.76 bits per heavy atom. The SMILES string of the molecule is CN(c1cccc(C2CCCN2)c1)S(C)(=O)=O. The van der Waals surface area contributed by atoms with Gasteiger partial charge in [-0.1, -0.05) is 12.1 Å². The highest BCUT2D eigenvalue weighted by Crippen LogP contribution is 2.26. The van der Waals surface area contributed by atoms with Gasteiger partial charge in [0, 0.05) is 13.1 Å². The molecule has 1 aliphatic rings. The highest BCUT2D eigenvalue weighted by molar-refractivity contribution is 7.92. The first-order chi connectivity index (χ1) is 7.98. The largest absolute Gasteiger partial charge is 0.310 e. The van der Waals surface area contributed by atoms with Gasteiger partial charge in [-0.15, -0.1) is 0 Å². The van der Waals surface area contributed by atoms with Crippen molar-refractivity contribution in [1.29, 1.82) is 0 Å². The van der Waals surface area contributed by atoms with Crippen molar-refractivity contribution in [1.82, 2.24) is 5.32 Å². The summed E-state index contributed by atoms with van der Waals surface area (Å²) < 4.78 is 24.3. The molecule has 1 aromatic rings. The van der Waals surface area contributed by atoms with E-state index in [0.29, 0.717) is 6.04 Å². The topological polar surface area (TPSA) is 49.4 Å². The van der Waals surface area contributed by atoms with Crippen molar-refractivity contribution in [3.63, 3.8) is 0 Å². The lowest BCUT2D eigenvalue weighted by atomic mass is 10.0. The van der Waals surface area contributed by atoms with E-state index in [2.05, 4.69) is 5.32 Å².